The predicted molar refractivity (Wildman–Crippen MR) is 108 cm³/mol. The Kier molecular flexibility index (Phi) is 4.96. The molecule has 0 atom stereocenters. The van der Waals surface area contributed by atoms with E-state index in [1.165, 1.54) is 7.11 Å². The zero-order valence-electron chi connectivity index (χ0n) is 15.3. The highest BCUT2D eigenvalue weighted by molar-refractivity contribution is 6.34. The van der Waals surface area contributed by atoms with E-state index in [4.69, 9.17) is 16.3 Å². The van der Waals surface area contributed by atoms with Crippen LogP contribution in [0.1, 0.15) is 23.3 Å². The molecule has 0 unspecified atom stereocenters. The molecule has 1 saturated heterocycles. The van der Waals surface area contributed by atoms with Gasteiger partial charge in [-0.2, -0.15) is 0 Å². The molecular formula is C21H18ClN3O3. The van der Waals surface area contributed by atoms with Gasteiger partial charge >= 0.3 is 5.97 Å². The number of rotatable bonds is 3. The van der Waals surface area contributed by atoms with E-state index in [1.807, 2.05) is 24.3 Å². The number of ether oxygens (including phenoxy) is 1. The monoisotopic (exact) mass is 395 g/mol. The van der Waals surface area contributed by atoms with Crippen LogP contribution in [0, 0.1) is 0 Å². The van der Waals surface area contributed by atoms with Crippen LogP contribution >= 0.6 is 11.6 Å². The molecule has 3 aromatic rings. The van der Waals surface area contributed by atoms with Crippen molar-refractivity contribution in [3.63, 3.8) is 0 Å². The van der Waals surface area contributed by atoms with Crippen LogP contribution in [0.5, 0.6) is 0 Å². The Balaban J connectivity index is 1.81. The van der Waals surface area contributed by atoms with E-state index >= 15 is 0 Å². The summed E-state index contributed by atoms with van der Waals surface area (Å²) in [6, 6.07) is 11.0. The summed E-state index contributed by atoms with van der Waals surface area (Å²) < 4.78 is 4.76. The molecule has 0 bridgehead atoms. The molecule has 1 aliphatic heterocycles. The number of nitrogens with zero attached hydrogens (tertiary/aromatic N) is 3. The maximum absolute atomic E-state index is 11.8. The van der Waals surface area contributed by atoms with Gasteiger partial charge in [-0.15, -0.1) is 0 Å². The summed E-state index contributed by atoms with van der Waals surface area (Å²) in [4.78, 5) is 34.4. The number of anilines is 1. The molecule has 0 amide bonds. The highest BCUT2D eigenvalue weighted by Gasteiger charge is 2.21. The van der Waals surface area contributed by atoms with Crippen LogP contribution in [0.25, 0.3) is 22.2 Å². The van der Waals surface area contributed by atoms with E-state index < -0.39 is 5.97 Å². The number of ketones is 1. The molecule has 2 aromatic heterocycles. The zero-order valence-corrected chi connectivity index (χ0v) is 16.1. The summed E-state index contributed by atoms with van der Waals surface area (Å²) in [6.07, 6.45) is 2.68. The van der Waals surface area contributed by atoms with Crippen molar-refractivity contribution >= 4 is 39.9 Å². The van der Waals surface area contributed by atoms with E-state index in [9.17, 15) is 9.59 Å². The van der Waals surface area contributed by atoms with E-state index in [-0.39, 0.29) is 11.5 Å². The average Bonchev–Trinajstić information content (AvgIpc) is 2.73. The van der Waals surface area contributed by atoms with Crippen molar-refractivity contribution in [3.05, 3.63) is 53.3 Å². The Morgan fingerprint density at radius 2 is 1.96 bits per heavy atom. The highest BCUT2D eigenvalue weighted by atomic mass is 35.5. The Morgan fingerprint density at radius 3 is 2.71 bits per heavy atom. The summed E-state index contributed by atoms with van der Waals surface area (Å²) in [5.74, 6) is -0.207. The summed E-state index contributed by atoms with van der Waals surface area (Å²) in [5, 5.41) is 1.44. The van der Waals surface area contributed by atoms with Crippen molar-refractivity contribution in [1.82, 2.24) is 9.97 Å². The Labute approximate surface area is 167 Å². The summed E-state index contributed by atoms with van der Waals surface area (Å²) >= 11 is 6.49. The number of hydrogen-bond donors (Lipinski definition) is 0. The average molecular weight is 396 g/mol. The lowest BCUT2D eigenvalue weighted by molar-refractivity contribution is -0.119. The molecule has 142 valence electrons. The summed E-state index contributed by atoms with van der Waals surface area (Å²) in [7, 11) is 1.33. The maximum atomic E-state index is 11.8. The molecule has 1 aliphatic rings. The molecule has 0 saturated carbocycles. The number of carbonyl (C=O) groups is 2. The minimum Gasteiger partial charge on any atom is -0.464 e. The van der Waals surface area contributed by atoms with Crippen molar-refractivity contribution in [2.75, 3.05) is 25.1 Å². The van der Waals surface area contributed by atoms with Gasteiger partial charge in [0.2, 0.25) is 0 Å². The van der Waals surface area contributed by atoms with Crippen molar-refractivity contribution in [2.45, 2.75) is 12.8 Å². The molecule has 3 heterocycles. The number of fused-ring (bicyclic) bond motifs is 1. The van der Waals surface area contributed by atoms with Gasteiger partial charge in [0.25, 0.3) is 0 Å². The van der Waals surface area contributed by atoms with E-state index in [1.54, 1.807) is 18.3 Å². The predicted octanol–water partition coefficient (Wildman–Crippen LogP) is 3.91. The van der Waals surface area contributed by atoms with Crippen LogP contribution in [0.4, 0.5) is 5.69 Å². The number of methoxy groups -OCH3 is 1. The second-order valence-corrected chi connectivity index (χ2v) is 7.02. The number of carbonyl (C=O) groups excluding carboxylic acids is 2. The number of piperidine rings is 1. The minimum atomic E-state index is -0.481. The van der Waals surface area contributed by atoms with Crippen LogP contribution < -0.4 is 4.90 Å². The van der Waals surface area contributed by atoms with Crippen LogP contribution in [-0.4, -0.2) is 41.9 Å². The number of hydrogen-bond acceptors (Lipinski definition) is 6. The lowest BCUT2D eigenvalue weighted by atomic mass is 10.0. The summed E-state index contributed by atoms with van der Waals surface area (Å²) in [5.41, 5.74) is 3.44. The zero-order chi connectivity index (χ0) is 19.7. The topological polar surface area (TPSA) is 72.4 Å². The smallest absolute Gasteiger partial charge is 0.356 e. The molecule has 7 heteroatoms. The molecular weight excluding hydrogens is 378 g/mol. The second kappa shape index (κ2) is 7.56. The molecule has 0 N–H and O–H groups in total. The molecule has 4 rings (SSSR count). The van der Waals surface area contributed by atoms with Crippen LogP contribution in [0.2, 0.25) is 5.02 Å². The number of Topliss-reactive ketones (excluding diaryl/α,β-unsaturated/α-hetero) is 1. The number of pyridine rings is 2. The first-order valence-electron chi connectivity index (χ1n) is 8.97. The van der Waals surface area contributed by atoms with Gasteiger partial charge in [0.05, 0.1) is 29.0 Å². The summed E-state index contributed by atoms with van der Waals surface area (Å²) in [6.45, 7) is 1.27. The van der Waals surface area contributed by atoms with Gasteiger partial charge in [-0.3, -0.25) is 9.78 Å². The number of aromatic nitrogens is 2. The third-order valence-corrected chi connectivity index (χ3v) is 5.15. The maximum Gasteiger partial charge on any atom is 0.356 e. The standard InChI is InChI=1S/C21H18ClN3O3/c1-28-21(27)19-4-2-3-17(24-19)13-5-6-18-15(11-13)20(16(22)12-23-18)25-9-7-14(26)8-10-25/h2-6,11-12H,7-10H2,1H3. The molecule has 0 aliphatic carbocycles. The quantitative estimate of drug-likeness (QED) is 0.626. The third kappa shape index (κ3) is 3.43. The first-order valence-corrected chi connectivity index (χ1v) is 9.35. The van der Waals surface area contributed by atoms with Crippen molar-refractivity contribution in [3.8, 4) is 11.3 Å². The first-order chi connectivity index (χ1) is 13.6. The molecule has 0 spiro atoms. The fourth-order valence-electron chi connectivity index (χ4n) is 3.43. The van der Waals surface area contributed by atoms with Gasteiger partial charge in [0.15, 0.2) is 0 Å². The van der Waals surface area contributed by atoms with Crippen LogP contribution in [-0.2, 0) is 9.53 Å². The molecule has 1 fully saturated rings. The third-order valence-electron chi connectivity index (χ3n) is 4.87. The van der Waals surface area contributed by atoms with Crippen molar-refractivity contribution in [1.29, 1.82) is 0 Å². The van der Waals surface area contributed by atoms with Crippen LogP contribution in [0.3, 0.4) is 0 Å². The van der Waals surface area contributed by atoms with E-state index in [2.05, 4.69) is 14.9 Å². The van der Waals surface area contributed by atoms with Crippen molar-refractivity contribution in [2.24, 2.45) is 0 Å². The number of esters is 1. The first kappa shape index (κ1) is 18.4. The van der Waals surface area contributed by atoms with Gasteiger partial charge in [0, 0.05) is 43.1 Å². The second-order valence-electron chi connectivity index (χ2n) is 6.61. The van der Waals surface area contributed by atoms with Gasteiger partial charge in [-0.05, 0) is 24.3 Å². The Hall–Kier alpha value is -2.99. The number of halogens is 1. The fourth-order valence-corrected chi connectivity index (χ4v) is 3.70. The van der Waals surface area contributed by atoms with Crippen molar-refractivity contribution < 1.29 is 14.3 Å². The van der Waals surface area contributed by atoms with Gasteiger partial charge in [-0.1, -0.05) is 23.7 Å². The largest absolute Gasteiger partial charge is 0.464 e. The minimum absolute atomic E-state index is 0.249. The molecule has 0 radical (unpaired) electrons. The van der Waals surface area contributed by atoms with Gasteiger partial charge in [0.1, 0.15) is 11.5 Å². The van der Waals surface area contributed by atoms with E-state index in [0.29, 0.717) is 36.6 Å². The molecule has 6 nitrogen and oxygen atoms in total. The van der Waals surface area contributed by atoms with Crippen LogP contribution in [0.15, 0.2) is 42.6 Å². The SMILES string of the molecule is COC(=O)c1cccc(-c2ccc3ncc(Cl)c(N4CCC(=O)CC4)c3c2)n1. The Bertz CT molecular complexity index is 1070. The highest BCUT2D eigenvalue weighted by Crippen LogP contribution is 2.36. The lowest BCUT2D eigenvalue weighted by Crippen LogP contribution is -2.34. The number of benzene rings is 1. The molecule has 28 heavy (non-hydrogen) atoms. The fraction of sp³-hybridized carbons (Fsp3) is 0.238. The normalized spacial score (nSPS) is 14.4. The Morgan fingerprint density at radius 1 is 1.18 bits per heavy atom. The van der Waals surface area contributed by atoms with E-state index in [0.717, 1.165) is 22.2 Å². The lowest BCUT2D eigenvalue weighted by Gasteiger charge is -2.30. The van der Waals surface area contributed by atoms with Gasteiger partial charge < -0.3 is 9.64 Å². The van der Waals surface area contributed by atoms with Gasteiger partial charge in [-0.25, -0.2) is 9.78 Å². The molecule has 1 aromatic carbocycles.